The van der Waals surface area contributed by atoms with Crippen LogP contribution in [0.15, 0.2) is 36.4 Å². The van der Waals surface area contributed by atoms with Crippen molar-refractivity contribution in [3.63, 3.8) is 0 Å². The minimum atomic E-state index is -0.363. The van der Waals surface area contributed by atoms with E-state index in [0.717, 1.165) is 42.6 Å². The molecule has 176 valence electrons. The molecule has 0 spiro atoms. The number of carbonyl (C=O) groups excluding carboxylic acids is 1. The Kier molecular flexibility index (Phi) is 7.90. The summed E-state index contributed by atoms with van der Waals surface area (Å²) < 4.78 is 5.91. The SMILES string of the molecule is CN(C)C(=O)c1cccc2c1CN(C(C)(C)CCc1ccc(O)c(OC(C)(C)C)c1)C2.Cl. The molecule has 1 aliphatic heterocycles. The summed E-state index contributed by atoms with van der Waals surface area (Å²) in [5.74, 6) is 0.765. The summed E-state index contributed by atoms with van der Waals surface area (Å²) in [5.41, 5.74) is 3.94. The van der Waals surface area contributed by atoms with Gasteiger partial charge in [-0.25, -0.2) is 0 Å². The van der Waals surface area contributed by atoms with Gasteiger partial charge in [0.2, 0.25) is 0 Å². The zero-order chi connectivity index (χ0) is 23.0. The maximum Gasteiger partial charge on any atom is 0.253 e. The van der Waals surface area contributed by atoms with Crippen molar-refractivity contribution in [2.24, 2.45) is 0 Å². The number of nitrogens with zero attached hydrogens (tertiary/aromatic N) is 2. The van der Waals surface area contributed by atoms with Crippen LogP contribution in [0.1, 0.15) is 68.1 Å². The highest BCUT2D eigenvalue weighted by Gasteiger charge is 2.33. The number of benzene rings is 2. The van der Waals surface area contributed by atoms with Gasteiger partial charge in [0, 0.05) is 38.3 Å². The van der Waals surface area contributed by atoms with Gasteiger partial charge in [-0.2, -0.15) is 0 Å². The third kappa shape index (κ3) is 5.96. The molecule has 2 aromatic carbocycles. The van der Waals surface area contributed by atoms with Crippen LogP contribution in [0.25, 0.3) is 0 Å². The van der Waals surface area contributed by atoms with Gasteiger partial charge >= 0.3 is 0 Å². The fourth-order valence-corrected chi connectivity index (χ4v) is 4.03. The molecule has 0 bridgehead atoms. The number of fused-ring (bicyclic) bond motifs is 1. The molecule has 0 atom stereocenters. The number of aryl methyl sites for hydroxylation is 1. The maximum absolute atomic E-state index is 12.6. The Morgan fingerprint density at radius 1 is 1.09 bits per heavy atom. The Morgan fingerprint density at radius 3 is 2.41 bits per heavy atom. The smallest absolute Gasteiger partial charge is 0.253 e. The largest absolute Gasteiger partial charge is 0.504 e. The lowest BCUT2D eigenvalue weighted by atomic mass is 9.93. The molecule has 32 heavy (non-hydrogen) atoms. The van der Waals surface area contributed by atoms with Crippen LogP contribution in [0.3, 0.4) is 0 Å². The van der Waals surface area contributed by atoms with E-state index in [2.05, 4.69) is 24.8 Å². The van der Waals surface area contributed by atoms with E-state index in [-0.39, 0.29) is 35.2 Å². The topological polar surface area (TPSA) is 53.0 Å². The molecule has 0 fully saturated rings. The molecule has 5 nitrogen and oxygen atoms in total. The number of phenolic OH excluding ortho intramolecular Hbond substituents is 1. The van der Waals surface area contributed by atoms with Gasteiger partial charge < -0.3 is 14.7 Å². The van der Waals surface area contributed by atoms with Crippen molar-refractivity contribution >= 4 is 18.3 Å². The second-order valence-corrected chi connectivity index (χ2v) is 10.3. The van der Waals surface area contributed by atoms with E-state index in [1.54, 1.807) is 25.1 Å². The summed E-state index contributed by atoms with van der Waals surface area (Å²) in [6.07, 6.45) is 1.84. The van der Waals surface area contributed by atoms with Gasteiger partial charge in [0.05, 0.1) is 0 Å². The fourth-order valence-electron chi connectivity index (χ4n) is 4.03. The maximum atomic E-state index is 12.6. The van der Waals surface area contributed by atoms with Crippen molar-refractivity contribution in [1.82, 2.24) is 9.80 Å². The number of hydrogen-bond donors (Lipinski definition) is 1. The summed E-state index contributed by atoms with van der Waals surface area (Å²) in [4.78, 5) is 16.7. The summed E-state index contributed by atoms with van der Waals surface area (Å²) in [5, 5.41) is 10.1. The first-order valence-electron chi connectivity index (χ1n) is 11.0. The van der Waals surface area contributed by atoms with Gasteiger partial charge in [0.1, 0.15) is 5.60 Å². The Labute approximate surface area is 198 Å². The molecule has 1 heterocycles. The van der Waals surface area contributed by atoms with Crippen molar-refractivity contribution in [2.75, 3.05) is 14.1 Å². The van der Waals surface area contributed by atoms with Crippen LogP contribution in [0.2, 0.25) is 0 Å². The minimum absolute atomic E-state index is 0. The van der Waals surface area contributed by atoms with Crippen molar-refractivity contribution < 1.29 is 14.6 Å². The summed E-state index contributed by atoms with van der Waals surface area (Å²) in [6, 6.07) is 11.7. The molecule has 3 rings (SSSR count). The molecule has 0 unspecified atom stereocenters. The van der Waals surface area contributed by atoms with E-state index in [1.807, 2.05) is 45.0 Å². The number of halogens is 1. The first kappa shape index (κ1) is 26.0. The lowest BCUT2D eigenvalue weighted by Crippen LogP contribution is -2.40. The molecule has 0 saturated carbocycles. The minimum Gasteiger partial charge on any atom is -0.504 e. The van der Waals surface area contributed by atoms with Crippen LogP contribution < -0.4 is 4.74 Å². The van der Waals surface area contributed by atoms with Crippen molar-refractivity contribution in [1.29, 1.82) is 0 Å². The summed E-state index contributed by atoms with van der Waals surface area (Å²) in [6.45, 7) is 12.1. The first-order valence-corrected chi connectivity index (χ1v) is 11.0. The van der Waals surface area contributed by atoms with Crippen LogP contribution in [0.4, 0.5) is 0 Å². The highest BCUT2D eigenvalue weighted by atomic mass is 35.5. The van der Waals surface area contributed by atoms with E-state index in [0.29, 0.717) is 5.75 Å². The lowest BCUT2D eigenvalue weighted by molar-refractivity contribution is 0.0822. The standard InChI is InChI=1S/C26H36N2O3.ClH/c1-25(2,3)31-23-15-18(11-12-22(23)29)13-14-26(4,5)28-16-19-9-8-10-20(21(19)17-28)24(30)27(6)7;/h8-12,15,29H,13-14,16-17H2,1-7H3;1H. The zero-order valence-corrected chi connectivity index (χ0v) is 21.2. The summed E-state index contributed by atoms with van der Waals surface area (Å²) in [7, 11) is 3.60. The number of aromatic hydroxyl groups is 1. The molecule has 0 aliphatic carbocycles. The number of carbonyl (C=O) groups is 1. The normalized spacial score (nSPS) is 14.0. The van der Waals surface area contributed by atoms with Gasteiger partial charge in [0.25, 0.3) is 5.91 Å². The molecule has 2 aromatic rings. The Hall–Kier alpha value is -2.24. The number of hydrogen-bond acceptors (Lipinski definition) is 4. The number of ether oxygens (including phenoxy) is 1. The second-order valence-electron chi connectivity index (χ2n) is 10.3. The van der Waals surface area contributed by atoms with Crippen molar-refractivity contribution in [2.45, 2.75) is 71.7 Å². The molecule has 0 radical (unpaired) electrons. The zero-order valence-electron chi connectivity index (χ0n) is 20.4. The molecular weight excluding hydrogens is 424 g/mol. The van der Waals surface area contributed by atoms with Crippen molar-refractivity contribution in [3.8, 4) is 11.5 Å². The van der Waals surface area contributed by atoms with E-state index < -0.39 is 0 Å². The Balaban J connectivity index is 0.00000363. The number of amides is 1. The molecule has 1 amide bonds. The van der Waals surface area contributed by atoms with Crippen LogP contribution in [0.5, 0.6) is 11.5 Å². The van der Waals surface area contributed by atoms with Gasteiger partial charge in [0.15, 0.2) is 11.5 Å². The predicted molar refractivity (Wildman–Crippen MR) is 132 cm³/mol. The lowest BCUT2D eigenvalue weighted by Gasteiger charge is -2.35. The molecule has 1 aliphatic rings. The van der Waals surface area contributed by atoms with E-state index >= 15 is 0 Å². The average Bonchev–Trinajstić information content (AvgIpc) is 3.12. The van der Waals surface area contributed by atoms with E-state index in [4.69, 9.17) is 4.74 Å². The first-order chi connectivity index (χ1) is 14.4. The van der Waals surface area contributed by atoms with Gasteiger partial charge in [-0.15, -0.1) is 12.4 Å². The molecule has 6 heteroatoms. The summed E-state index contributed by atoms with van der Waals surface area (Å²) >= 11 is 0. The van der Waals surface area contributed by atoms with Crippen molar-refractivity contribution in [3.05, 3.63) is 58.7 Å². The van der Waals surface area contributed by atoms with Gasteiger partial charge in [-0.05, 0) is 82.3 Å². The third-order valence-electron chi connectivity index (χ3n) is 5.94. The van der Waals surface area contributed by atoms with Gasteiger partial charge in [-0.3, -0.25) is 9.69 Å². The number of rotatable bonds is 6. The van der Waals surface area contributed by atoms with Gasteiger partial charge in [-0.1, -0.05) is 18.2 Å². The van der Waals surface area contributed by atoms with Crippen LogP contribution in [-0.2, 0) is 19.5 Å². The Morgan fingerprint density at radius 2 is 1.78 bits per heavy atom. The van der Waals surface area contributed by atoms with Crippen LogP contribution in [0, 0.1) is 0 Å². The van der Waals surface area contributed by atoms with Crippen LogP contribution in [-0.4, -0.2) is 46.0 Å². The predicted octanol–water partition coefficient (Wildman–Crippen LogP) is 5.42. The second kappa shape index (κ2) is 9.72. The highest BCUT2D eigenvalue weighted by molar-refractivity contribution is 5.95. The Bertz CT molecular complexity index is 964. The molecular formula is C26H37ClN2O3. The van der Waals surface area contributed by atoms with Crippen LogP contribution >= 0.6 is 12.4 Å². The van der Waals surface area contributed by atoms with E-state index in [1.165, 1.54) is 5.56 Å². The highest BCUT2D eigenvalue weighted by Crippen LogP contribution is 2.35. The monoisotopic (exact) mass is 460 g/mol. The quantitative estimate of drug-likeness (QED) is 0.625. The third-order valence-corrected chi connectivity index (χ3v) is 5.94. The molecule has 0 saturated heterocycles. The number of phenols is 1. The van der Waals surface area contributed by atoms with E-state index in [9.17, 15) is 9.90 Å². The molecule has 1 N–H and O–H groups in total. The fraction of sp³-hybridized carbons (Fsp3) is 0.500. The molecule has 0 aromatic heterocycles. The average molecular weight is 461 g/mol.